The molecule has 1 saturated heterocycles. The number of hydrogen-bond acceptors (Lipinski definition) is 3. The third kappa shape index (κ3) is 3.21. The average molecular weight is 263 g/mol. The second kappa shape index (κ2) is 5.54. The Bertz CT molecular complexity index is 371. The summed E-state index contributed by atoms with van der Waals surface area (Å²) in [5.74, 6) is 3.61. The van der Waals surface area contributed by atoms with Crippen molar-refractivity contribution in [3.05, 3.63) is 30.3 Å². The molecular weight excluding hydrogens is 242 g/mol. The molecule has 1 aromatic carbocycles. The van der Waals surface area contributed by atoms with E-state index in [1.165, 1.54) is 30.8 Å². The first-order valence-electron chi connectivity index (χ1n) is 6.85. The maximum absolute atomic E-state index is 5.90. The monoisotopic (exact) mass is 263 g/mol. The number of rotatable bonds is 6. The summed E-state index contributed by atoms with van der Waals surface area (Å²) >= 11 is 2.07. The Balaban J connectivity index is 1.44. The van der Waals surface area contributed by atoms with Gasteiger partial charge >= 0.3 is 0 Å². The normalized spacial score (nSPS) is 25.0. The second-order valence-electron chi connectivity index (χ2n) is 5.54. The Kier molecular flexibility index (Phi) is 3.80. The molecule has 1 aromatic rings. The van der Waals surface area contributed by atoms with Gasteiger partial charge in [-0.25, -0.2) is 0 Å². The summed E-state index contributed by atoms with van der Waals surface area (Å²) in [6.45, 7) is 1.99. The zero-order chi connectivity index (χ0) is 12.3. The molecule has 3 heteroatoms. The first kappa shape index (κ1) is 12.4. The molecule has 2 nitrogen and oxygen atoms in total. The van der Waals surface area contributed by atoms with Crippen molar-refractivity contribution < 1.29 is 4.74 Å². The summed E-state index contributed by atoms with van der Waals surface area (Å²) < 4.78 is 5.90. The van der Waals surface area contributed by atoms with E-state index in [1.807, 2.05) is 30.3 Å². The molecule has 1 atom stereocenters. The minimum absolute atomic E-state index is 0.420. The van der Waals surface area contributed by atoms with Gasteiger partial charge in [-0.3, -0.25) is 0 Å². The van der Waals surface area contributed by atoms with Crippen LogP contribution in [-0.2, 0) is 0 Å². The topological polar surface area (TPSA) is 21.3 Å². The number of para-hydroxylation sites is 1. The summed E-state index contributed by atoms with van der Waals surface area (Å²) in [4.78, 5) is 0. The van der Waals surface area contributed by atoms with E-state index in [9.17, 15) is 0 Å². The molecule has 98 valence electrons. The first-order chi connectivity index (χ1) is 8.86. The molecule has 0 spiro atoms. The third-order valence-corrected chi connectivity index (χ3v) is 5.10. The van der Waals surface area contributed by atoms with Crippen molar-refractivity contribution in [3.8, 4) is 5.75 Å². The van der Waals surface area contributed by atoms with Crippen molar-refractivity contribution in [3.63, 3.8) is 0 Å². The Morgan fingerprint density at radius 1 is 1.28 bits per heavy atom. The minimum Gasteiger partial charge on any atom is -0.493 e. The summed E-state index contributed by atoms with van der Waals surface area (Å²) in [5, 5.41) is 3.72. The molecule has 0 radical (unpaired) electrons. The Morgan fingerprint density at radius 3 is 2.78 bits per heavy atom. The molecule has 2 fully saturated rings. The average Bonchev–Trinajstić information content (AvgIpc) is 3.00. The van der Waals surface area contributed by atoms with Crippen molar-refractivity contribution in [2.75, 3.05) is 24.7 Å². The lowest BCUT2D eigenvalue weighted by Gasteiger charge is -2.19. The van der Waals surface area contributed by atoms with Crippen molar-refractivity contribution >= 4 is 11.8 Å². The van der Waals surface area contributed by atoms with Crippen LogP contribution in [0.4, 0.5) is 0 Å². The molecule has 2 aliphatic rings. The number of nitrogens with one attached hydrogen (secondary N) is 1. The molecule has 1 saturated carbocycles. The Morgan fingerprint density at radius 2 is 2.11 bits per heavy atom. The standard InChI is InChI=1S/C15H21NOS/c1-2-4-14(5-3-1)17-12-15(7-8-15)11-16-13-6-9-18-10-13/h1-5,13,16H,6-12H2/t13-/m0/s1. The molecule has 1 aliphatic heterocycles. The van der Waals surface area contributed by atoms with Gasteiger partial charge in [-0.05, 0) is 37.1 Å². The van der Waals surface area contributed by atoms with Crippen LogP contribution in [0, 0.1) is 5.41 Å². The van der Waals surface area contributed by atoms with Gasteiger partial charge in [0.15, 0.2) is 0 Å². The van der Waals surface area contributed by atoms with Crippen molar-refractivity contribution in [1.82, 2.24) is 5.32 Å². The molecule has 0 unspecified atom stereocenters. The second-order valence-corrected chi connectivity index (χ2v) is 6.69. The zero-order valence-corrected chi connectivity index (χ0v) is 11.5. The van der Waals surface area contributed by atoms with Crippen molar-refractivity contribution in [2.45, 2.75) is 25.3 Å². The fourth-order valence-corrected chi connectivity index (χ4v) is 3.55. The molecule has 0 amide bonds. The highest BCUT2D eigenvalue weighted by Crippen LogP contribution is 2.45. The lowest BCUT2D eigenvalue weighted by atomic mass is 10.1. The molecular formula is C15H21NOS. The Hall–Kier alpha value is -0.670. The summed E-state index contributed by atoms with van der Waals surface area (Å²) in [6.07, 6.45) is 3.96. The molecule has 1 heterocycles. The number of hydrogen-bond donors (Lipinski definition) is 1. The summed E-state index contributed by atoms with van der Waals surface area (Å²) in [6, 6.07) is 10.9. The van der Waals surface area contributed by atoms with Crippen LogP contribution in [0.1, 0.15) is 19.3 Å². The lowest BCUT2D eigenvalue weighted by molar-refractivity contribution is 0.226. The van der Waals surface area contributed by atoms with Gasteiger partial charge in [-0.2, -0.15) is 11.8 Å². The molecule has 1 aliphatic carbocycles. The highest BCUT2D eigenvalue weighted by molar-refractivity contribution is 7.99. The van der Waals surface area contributed by atoms with Crippen LogP contribution in [0.15, 0.2) is 30.3 Å². The van der Waals surface area contributed by atoms with Gasteiger partial charge in [0, 0.05) is 23.8 Å². The van der Waals surface area contributed by atoms with Crippen molar-refractivity contribution in [1.29, 1.82) is 0 Å². The van der Waals surface area contributed by atoms with Gasteiger partial charge in [0.1, 0.15) is 5.75 Å². The molecule has 18 heavy (non-hydrogen) atoms. The van der Waals surface area contributed by atoms with Gasteiger partial charge in [0.25, 0.3) is 0 Å². The summed E-state index contributed by atoms with van der Waals surface area (Å²) in [5.41, 5.74) is 0.420. The quantitative estimate of drug-likeness (QED) is 0.852. The van der Waals surface area contributed by atoms with E-state index in [0.717, 1.165) is 24.9 Å². The highest BCUT2D eigenvalue weighted by Gasteiger charge is 2.43. The van der Waals surface area contributed by atoms with Crippen LogP contribution in [0.2, 0.25) is 0 Å². The fraction of sp³-hybridized carbons (Fsp3) is 0.600. The molecule has 3 rings (SSSR count). The maximum Gasteiger partial charge on any atom is 0.119 e. The first-order valence-corrected chi connectivity index (χ1v) is 8.01. The summed E-state index contributed by atoms with van der Waals surface area (Å²) in [7, 11) is 0. The van der Waals surface area contributed by atoms with Gasteiger partial charge in [-0.15, -0.1) is 0 Å². The van der Waals surface area contributed by atoms with Crippen LogP contribution >= 0.6 is 11.8 Å². The molecule has 1 N–H and O–H groups in total. The van der Waals surface area contributed by atoms with Crippen LogP contribution in [0.5, 0.6) is 5.75 Å². The van der Waals surface area contributed by atoms with E-state index < -0.39 is 0 Å². The van der Waals surface area contributed by atoms with E-state index in [1.54, 1.807) is 0 Å². The predicted molar refractivity (Wildman–Crippen MR) is 77.3 cm³/mol. The van der Waals surface area contributed by atoms with Crippen LogP contribution in [0.3, 0.4) is 0 Å². The number of ether oxygens (including phenoxy) is 1. The Labute approximate surface area is 113 Å². The lowest BCUT2D eigenvalue weighted by Crippen LogP contribution is -2.36. The van der Waals surface area contributed by atoms with E-state index in [0.29, 0.717) is 5.41 Å². The maximum atomic E-state index is 5.90. The predicted octanol–water partition coefficient (Wildman–Crippen LogP) is 2.94. The van der Waals surface area contributed by atoms with Gasteiger partial charge in [0.2, 0.25) is 0 Å². The van der Waals surface area contributed by atoms with Gasteiger partial charge in [-0.1, -0.05) is 18.2 Å². The highest BCUT2D eigenvalue weighted by atomic mass is 32.2. The number of benzene rings is 1. The molecule has 0 bridgehead atoms. The van der Waals surface area contributed by atoms with E-state index in [-0.39, 0.29) is 0 Å². The SMILES string of the molecule is c1ccc(OCC2(CN[C@H]3CCSC3)CC2)cc1. The van der Waals surface area contributed by atoms with E-state index in [4.69, 9.17) is 4.74 Å². The smallest absolute Gasteiger partial charge is 0.119 e. The zero-order valence-electron chi connectivity index (χ0n) is 10.7. The minimum atomic E-state index is 0.420. The van der Waals surface area contributed by atoms with Crippen molar-refractivity contribution in [2.24, 2.45) is 5.41 Å². The van der Waals surface area contributed by atoms with Crippen LogP contribution in [-0.4, -0.2) is 30.7 Å². The van der Waals surface area contributed by atoms with Crippen LogP contribution < -0.4 is 10.1 Å². The number of thioether (sulfide) groups is 1. The van der Waals surface area contributed by atoms with E-state index >= 15 is 0 Å². The van der Waals surface area contributed by atoms with Gasteiger partial charge < -0.3 is 10.1 Å². The largest absolute Gasteiger partial charge is 0.493 e. The third-order valence-electron chi connectivity index (χ3n) is 3.94. The fourth-order valence-electron chi connectivity index (χ4n) is 2.36. The molecule has 0 aromatic heterocycles. The van der Waals surface area contributed by atoms with E-state index in [2.05, 4.69) is 17.1 Å². The van der Waals surface area contributed by atoms with Gasteiger partial charge in [0.05, 0.1) is 6.61 Å². The van der Waals surface area contributed by atoms with Crippen LogP contribution in [0.25, 0.3) is 0 Å².